The summed E-state index contributed by atoms with van der Waals surface area (Å²) in [4.78, 5) is 33.6. The first-order valence-electron chi connectivity index (χ1n) is 13.5. The van der Waals surface area contributed by atoms with E-state index in [0.29, 0.717) is 12.1 Å². The minimum atomic E-state index is -1.66. The number of hydrogen-bond donors (Lipinski definition) is 2. The topological polar surface area (TPSA) is 110 Å². The molecule has 2 heterocycles. The van der Waals surface area contributed by atoms with Crippen LogP contribution in [0.25, 0.3) is 11.3 Å². The fourth-order valence-corrected chi connectivity index (χ4v) is 5.73. The highest BCUT2D eigenvalue weighted by molar-refractivity contribution is 7.84. The molecule has 42 heavy (non-hydrogen) atoms. The van der Waals surface area contributed by atoms with Gasteiger partial charge < -0.3 is 15.4 Å². The molecule has 0 aliphatic heterocycles. The van der Waals surface area contributed by atoms with E-state index in [0.717, 1.165) is 42.7 Å². The summed E-state index contributed by atoms with van der Waals surface area (Å²) in [6.45, 7) is 7.47. The lowest BCUT2D eigenvalue weighted by molar-refractivity contribution is 0.0482. The van der Waals surface area contributed by atoms with Crippen LogP contribution in [0, 0.1) is 23.4 Å². The molecule has 2 N–H and O–H groups in total. The number of ether oxygens (including phenoxy) is 1. The molecular weight excluding hydrogens is 569 g/mol. The Morgan fingerprint density at radius 2 is 1.71 bits per heavy atom. The van der Waals surface area contributed by atoms with Gasteiger partial charge in [0.1, 0.15) is 34.4 Å². The summed E-state index contributed by atoms with van der Waals surface area (Å²) >= 11 is 0. The summed E-state index contributed by atoms with van der Waals surface area (Å²) < 4.78 is 61.3. The predicted molar refractivity (Wildman–Crippen MR) is 153 cm³/mol. The highest BCUT2D eigenvalue weighted by Crippen LogP contribution is 2.39. The molecule has 1 aliphatic carbocycles. The average molecular weight is 603 g/mol. The van der Waals surface area contributed by atoms with Gasteiger partial charge in [-0.1, -0.05) is 6.92 Å². The second-order valence-corrected chi connectivity index (χ2v) is 12.9. The number of hydrogen-bond acceptors (Lipinski definition) is 6. The molecule has 2 aromatic heterocycles. The van der Waals surface area contributed by atoms with Crippen molar-refractivity contribution in [3.8, 4) is 11.3 Å². The molecule has 0 radical (unpaired) electrons. The maximum absolute atomic E-state index is 14.8. The maximum atomic E-state index is 14.8. The molecule has 224 valence electrons. The minimum absolute atomic E-state index is 0.0328. The molecule has 0 saturated heterocycles. The van der Waals surface area contributed by atoms with Gasteiger partial charge in [-0.2, -0.15) is 0 Å². The minimum Gasteiger partial charge on any atom is -0.444 e. The largest absolute Gasteiger partial charge is 0.444 e. The normalized spacial score (nSPS) is 19.6. The van der Waals surface area contributed by atoms with Crippen molar-refractivity contribution in [1.82, 2.24) is 15.3 Å². The zero-order chi connectivity index (χ0) is 30.8. The van der Waals surface area contributed by atoms with E-state index < -0.39 is 57.1 Å². The number of pyridine rings is 2. The Labute approximate surface area is 244 Å². The lowest BCUT2D eigenvalue weighted by Crippen LogP contribution is -2.42. The Hall–Kier alpha value is -3.80. The summed E-state index contributed by atoms with van der Waals surface area (Å²) in [6.07, 6.45) is 6.03. The number of benzene rings is 1. The fourth-order valence-electron chi connectivity index (χ4n) is 5.19. The SMILES string of the molecule is C[C@@H]1C[C@H](NC(=O)OC(C)(C)C)C[C@H](c2ccncc2NC(=O)c2ccc(F)c(-c3c(F)cc([S@@](C)=O)cc3F)n2)C1. The molecule has 1 saturated carbocycles. The van der Waals surface area contributed by atoms with Gasteiger partial charge in [0.15, 0.2) is 0 Å². The molecule has 12 heteroatoms. The molecule has 8 nitrogen and oxygen atoms in total. The Balaban J connectivity index is 1.57. The third-order valence-corrected chi connectivity index (χ3v) is 7.77. The van der Waals surface area contributed by atoms with E-state index in [9.17, 15) is 27.0 Å². The number of amides is 2. The molecule has 1 aliphatic rings. The average Bonchev–Trinajstić information content (AvgIpc) is 2.88. The Bertz CT molecular complexity index is 1510. The van der Waals surface area contributed by atoms with Gasteiger partial charge in [-0.25, -0.2) is 22.9 Å². The van der Waals surface area contributed by atoms with Crippen molar-refractivity contribution in [3.63, 3.8) is 0 Å². The highest BCUT2D eigenvalue weighted by atomic mass is 32.2. The monoisotopic (exact) mass is 602 g/mol. The quantitative estimate of drug-likeness (QED) is 0.340. The first-order valence-corrected chi connectivity index (χ1v) is 15.0. The maximum Gasteiger partial charge on any atom is 0.407 e. The standard InChI is InChI=1S/C30H33F3N4O4S/c1-16-10-17(12-18(11-16)35-29(39)41-30(2,3)4)20-8-9-34-15-25(20)37-28(38)24-7-6-21(31)27(36-24)26-22(32)13-19(42(5)40)14-23(26)33/h6-9,13-18H,10-12H2,1-5H3,(H,35,39)(H,37,38)/t16-,17+,18-,42+/m0/s1. The van der Waals surface area contributed by atoms with Gasteiger partial charge in [0.25, 0.3) is 5.91 Å². The number of nitrogens with zero attached hydrogens (tertiary/aromatic N) is 2. The molecule has 1 fully saturated rings. The molecule has 2 amide bonds. The van der Waals surface area contributed by atoms with E-state index in [-0.39, 0.29) is 28.5 Å². The number of halogens is 3. The van der Waals surface area contributed by atoms with Gasteiger partial charge in [0.2, 0.25) is 0 Å². The van der Waals surface area contributed by atoms with E-state index in [1.54, 1.807) is 33.0 Å². The van der Waals surface area contributed by atoms with Gasteiger partial charge in [0, 0.05) is 34.2 Å². The summed E-state index contributed by atoms with van der Waals surface area (Å²) in [5.74, 6) is -3.83. The van der Waals surface area contributed by atoms with Crippen LogP contribution in [0.3, 0.4) is 0 Å². The number of nitrogens with one attached hydrogen (secondary N) is 2. The highest BCUT2D eigenvalue weighted by Gasteiger charge is 2.31. The van der Waals surface area contributed by atoms with Crippen molar-refractivity contribution < 1.29 is 31.7 Å². The summed E-state index contributed by atoms with van der Waals surface area (Å²) in [7, 11) is -1.66. The zero-order valence-corrected chi connectivity index (χ0v) is 24.8. The molecule has 1 aromatic carbocycles. The lowest BCUT2D eigenvalue weighted by atomic mass is 9.76. The number of alkyl carbamates (subject to hydrolysis) is 1. The van der Waals surface area contributed by atoms with E-state index >= 15 is 0 Å². The van der Waals surface area contributed by atoms with Crippen LogP contribution in [-0.4, -0.2) is 44.1 Å². The predicted octanol–water partition coefficient (Wildman–Crippen LogP) is 6.35. The third-order valence-electron chi connectivity index (χ3n) is 6.87. The Morgan fingerprint density at radius 1 is 1.02 bits per heavy atom. The first-order chi connectivity index (χ1) is 19.7. The van der Waals surface area contributed by atoms with Crippen LogP contribution in [-0.2, 0) is 15.5 Å². The van der Waals surface area contributed by atoms with Crippen LogP contribution in [0.5, 0.6) is 0 Å². The van der Waals surface area contributed by atoms with E-state index in [1.807, 2.05) is 0 Å². The molecule has 4 atom stereocenters. The first kappa shape index (κ1) is 31.1. The van der Waals surface area contributed by atoms with E-state index in [4.69, 9.17) is 4.74 Å². The molecule has 4 rings (SSSR count). The molecule has 0 spiro atoms. The second-order valence-electron chi connectivity index (χ2n) is 11.5. The molecular formula is C30H33F3N4O4S. The lowest BCUT2D eigenvalue weighted by Gasteiger charge is -2.35. The van der Waals surface area contributed by atoms with Crippen molar-refractivity contribution in [2.45, 2.75) is 69.4 Å². The van der Waals surface area contributed by atoms with Crippen LogP contribution in [0.15, 0.2) is 47.6 Å². The summed E-state index contributed by atoms with van der Waals surface area (Å²) in [6, 6.07) is 5.35. The molecule has 0 bridgehead atoms. The second kappa shape index (κ2) is 12.6. The van der Waals surface area contributed by atoms with Gasteiger partial charge in [-0.05, 0) is 87.8 Å². The van der Waals surface area contributed by atoms with Crippen LogP contribution in [0.2, 0.25) is 0 Å². The summed E-state index contributed by atoms with van der Waals surface area (Å²) in [5.41, 5.74) is -1.16. The van der Waals surface area contributed by atoms with Gasteiger partial charge >= 0.3 is 6.09 Å². The van der Waals surface area contributed by atoms with Crippen molar-refractivity contribution in [2.75, 3.05) is 11.6 Å². The van der Waals surface area contributed by atoms with Crippen molar-refractivity contribution in [2.24, 2.45) is 5.92 Å². The third kappa shape index (κ3) is 7.53. The number of carbonyl (C=O) groups is 2. The number of anilines is 1. The fraction of sp³-hybridized carbons (Fsp3) is 0.400. The number of rotatable bonds is 6. The van der Waals surface area contributed by atoms with Crippen LogP contribution >= 0.6 is 0 Å². The van der Waals surface area contributed by atoms with Crippen molar-refractivity contribution in [1.29, 1.82) is 0 Å². The number of aromatic nitrogens is 2. The van der Waals surface area contributed by atoms with E-state index in [1.165, 1.54) is 12.5 Å². The molecule has 0 unspecified atom stereocenters. The molecule has 3 aromatic rings. The van der Waals surface area contributed by atoms with Gasteiger partial charge in [0.05, 0.1) is 17.4 Å². The van der Waals surface area contributed by atoms with Gasteiger partial charge in [-0.3, -0.25) is 14.0 Å². The Morgan fingerprint density at radius 3 is 2.36 bits per heavy atom. The van der Waals surface area contributed by atoms with Crippen molar-refractivity contribution in [3.05, 3.63) is 71.4 Å². The smallest absolute Gasteiger partial charge is 0.407 e. The van der Waals surface area contributed by atoms with Crippen LogP contribution < -0.4 is 10.6 Å². The zero-order valence-electron chi connectivity index (χ0n) is 24.0. The summed E-state index contributed by atoms with van der Waals surface area (Å²) in [5, 5.41) is 5.70. The van der Waals surface area contributed by atoms with E-state index in [2.05, 4.69) is 27.5 Å². The van der Waals surface area contributed by atoms with Crippen molar-refractivity contribution >= 4 is 28.5 Å². The Kier molecular flexibility index (Phi) is 9.34. The van der Waals surface area contributed by atoms with Crippen LogP contribution in [0.1, 0.15) is 68.9 Å². The van der Waals surface area contributed by atoms with Crippen LogP contribution in [0.4, 0.5) is 23.7 Å². The van der Waals surface area contributed by atoms with Gasteiger partial charge in [-0.15, -0.1) is 0 Å². The number of carbonyl (C=O) groups excluding carboxylic acids is 2.